The van der Waals surface area contributed by atoms with Gasteiger partial charge in [0.15, 0.2) is 5.82 Å². The van der Waals surface area contributed by atoms with Gasteiger partial charge in [-0.15, -0.1) is 0 Å². The van der Waals surface area contributed by atoms with Crippen molar-refractivity contribution >= 4 is 70.7 Å². The van der Waals surface area contributed by atoms with Gasteiger partial charge < -0.3 is 30.2 Å². The molecule has 4 N–H and O–H groups in total. The molecule has 3 aromatic carbocycles. The lowest BCUT2D eigenvalue weighted by Gasteiger charge is -2.34. The molecule has 0 bridgehead atoms. The monoisotopic (exact) mass is 757 g/mol. The second-order valence-corrected chi connectivity index (χ2v) is 17.2. The number of anilines is 5. The van der Waals surface area contributed by atoms with Gasteiger partial charge in [-0.05, 0) is 67.6 Å². The van der Waals surface area contributed by atoms with Crippen LogP contribution in [0.25, 0.3) is 0 Å². The van der Waals surface area contributed by atoms with Crippen LogP contribution < -0.4 is 36.2 Å². The topological polar surface area (TPSA) is 161 Å². The van der Waals surface area contributed by atoms with Crippen LogP contribution in [0, 0.1) is 0 Å². The Balaban J connectivity index is 0.938. The summed E-state index contributed by atoms with van der Waals surface area (Å²) in [4.78, 5) is 48.2. The fraction of sp³-hybridized carbons (Fsp3) is 0.324. The molecule has 3 aliphatic heterocycles. The summed E-state index contributed by atoms with van der Waals surface area (Å²) in [5.41, 5.74) is 4.93. The van der Waals surface area contributed by atoms with Crippen LogP contribution in [0.2, 0.25) is 5.02 Å². The first-order valence-electron chi connectivity index (χ1n) is 17.4. The third-order valence-electron chi connectivity index (χ3n) is 9.65. The van der Waals surface area contributed by atoms with Crippen molar-refractivity contribution in [3.63, 3.8) is 0 Å². The van der Waals surface area contributed by atoms with E-state index >= 15 is 0 Å². The average Bonchev–Trinajstić information content (AvgIpc) is 3.47. The van der Waals surface area contributed by atoms with Gasteiger partial charge in [0.05, 0.1) is 37.8 Å². The van der Waals surface area contributed by atoms with Crippen LogP contribution in [0.1, 0.15) is 40.7 Å². The second-order valence-electron chi connectivity index (χ2n) is 13.6. The van der Waals surface area contributed by atoms with E-state index in [2.05, 4.69) is 36.1 Å². The summed E-state index contributed by atoms with van der Waals surface area (Å²) in [6.45, 7) is 6.31. The third-order valence-corrected chi connectivity index (χ3v) is 11.5. The first-order chi connectivity index (χ1) is 25.5. The minimum Gasteiger partial charge on any atom is -0.494 e. The Morgan fingerprint density at radius 2 is 1.75 bits per heavy atom. The van der Waals surface area contributed by atoms with Gasteiger partial charge in [-0.3, -0.25) is 14.9 Å². The Hall–Kier alpha value is -5.17. The maximum absolute atomic E-state index is 13.0. The van der Waals surface area contributed by atoms with Crippen molar-refractivity contribution in [2.24, 2.45) is 0 Å². The molecule has 16 heteroatoms. The number of benzene rings is 3. The van der Waals surface area contributed by atoms with E-state index in [1.165, 1.54) is 16.2 Å². The number of imide groups is 1. The summed E-state index contributed by atoms with van der Waals surface area (Å²) < 4.78 is 18.6. The molecule has 0 atom stereocenters. The van der Waals surface area contributed by atoms with Gasteiger partial charge >= 0.3 is 6.03 Å². The molecular formula is C37H41ClN9O5P. The van der Waals surface area contributed by atoms with E-state index in [-0.39, 0.29) is 24.8 Å². The number of para-hydroxylation sites is 1. The van der Waals surface area contributed by atoms with Crippen LogP contribution >= 0.6 is 18.7 Å². The van der Waals surface area contributed by atoms with E-state index in [9.17, 15) is 18.9 Å². The number of hydrogen-bond acceptors (Lipinski definition) is 11. The van der Waals surface area contributed by atoms with Crippen molar-refractivity contribution in [1.82, 2.24) is 30.6 Å². The number of urea groups is 1. The SMILES string of the molecule is COc1cc(N2CCC(NCc3ccc4c(c3)CN(N3CCC(=O)NC3=O)C4=O)CC2)ccc1Nc1ncc(Cl)c(Nc2ccccc2P(C)(C)=O)n1. The fourth-order valence-corrected chi connectivity index (χ4v) is 8.14. The fourth-order valence-electron chi connectivity index (χ4n) is 6.85. The molecule has 0 unspecified atom stereocenters. The molecule has 4 amide bonds. The largest absolute Gasteiger partial charge is 0.494 e. The zero-order valence-electron chi connectivity index (χ0n) is 29.7. The lowest BCUT2D eigenvalue weighted by atomic mass is 10.0. The van der Waals surface area contributed by atoms with E-state index in [4.69, 9.17) is 16.3 Å². The number of hydrogen-bond donors (Lipinski definition) is 4. The Bertz CT molecular complexity index is 2120. The molecule has 276 valence electrons. The number of carbonyl (C=O) groups excluding carboxylic acids is 3. The lowest BCUT2D eigenvalue weighted by molar-refractivity contribution is -0.123. The molecule has 4 heterocycles. The lowest BCUT2D eigenvalue weighted by Crippen LogP contribution is -2.56. The molecular weight excluding hydrogens is 717 g/mol. The van der Waals surface area contributed by atoms with Gasteiger partial charge in [-0.2, -0.15) is 4.98 Å². The number of fused-ring (bicyclic) bond motifs is 1. The second kappa shape index (κ2) is 15.1. The van der Waals surface area contributed by atoms with Crippen molar-refractivity contribution < 1.29 is 23.7 Å². The number of nitrogens with one attached hydrogen (secondary N) is 4. The van der Waals surface area contributed by atoms with E-state index in [0.717, 1.165) is 42.7 Å². The predicted molar refractivity (Wildman–Crippen MR) is 205 cm³/mol. The smallest absolute Gasteiger partial charge is 0.342 e. The molecule has 53 heavy (non-hydrogen) atoms. The van der Waals surface area contributed by atoms with Crippen molar-refractivity contribution in [3.8, 4) is 5.75 Å². The number of carbonyl (C=O) groups is 3. The van der Waals surface area contributed by atoms with E-state index in [1.807, 2.05) is 60.7 Å². The zero-order chi connectivity index (χ0) is 37.3. The Labute approximate surface area is 312 Å². The van der Waals surface area contributed by atoms with Gasteiger partial charge in [0.25, 0.3) is 5.91 Å². The van der Waals surface area contributed by atoms with E-state index in [1.54, 1.807) is 20.4 Å². The van der Waals surface area contributed by atoms with Crippen LogP contribution in [0.15, 0.2) is 66.9 Å². The number of methoxy groups -OCH3 is 1. The van der Waals surface area contributed by atoms with Crippen LogP contribution in [0.4, 0.5) is 33.6 Å². The highest BCUT2D eigenvalue weighted by atomic mass is 35.5. The molecule has 0 saturated carbocycles. The molecule has 14 nitrogen and oxygen atoms in total. The maximum atomic E-state index is 13.0. The minimum absolute atomic E-state index is 0.164. The average molecular weight is 758 g/mol. The van der Waals surface area contributed by atoms with Gasteiger partial charge in [-0.25, -0.2) is 19.8 Å². The highest BCUT2D eigenvalue weighted by Gasteiger charge is 2.37. The van der Waals surface area contributed by atoms with Crippen LogP contribution in [-0.2, 0) is 22.4 Å². The Morgan fingerprint density at radius 3 is 2.51 bits per heavy atom. The number of ether oxygens (including phenoxy) is 1. The highest BCUT2D eigenvalue weighted by molar-refractivity contribution is 7.70. The van der Waals surface area contributed by atoms with E-state index < -0.39 is 13.2 Å². The number of piperidine rings is 1. The molecule has 1 aromatic heterocycles. The number of halogens is 1. The first-order valence-corrected chi connectivity index (χ1v) is 20.4. The molecule has 2 fully saturated rings. The third kappa shape index (κ3) is 7.95. The number of rotatable bonds is 11. The number of hydrazine groups is 1. The van der Waals surface area contributed by atoms with Gasteiger partial charge in [0, 0.05) is 54.7 Å². The van der Waals surface area contributed by atoms with Crippen molar-refractivity contribution in [2.45, 2.75) is 38.4 Å². The highest BCUT2D eigenvalue weighted by Crippen LogP contribution is 2.39. The Morgan fingerprint density at radius 1 is 0.962 bits per heavy atom. The summed E-state index contributed by atoms with van der Waals surface area (Å²) >= 11 is 6.45. The normalized spacial score (nSPS) is 16.5. The first kappa shape index (κ1) is 36.2. The Kier molecular flexibility index (Phi) is 10.3. The summed E-state index contributed by atoms with van der Waals surface area (Å²) in [6.07, 6.45) is 3.58. The molecule has 4 aromatic rings. The van der Waals surface area contributed by atoms with Crippen LogP contribution in [-0.4, -0.2) is 83.9 Å². The predicted octanol–water partition coefficient (Wildman–Crippen LogP) is 5.45. The molecule has 0 spiro atoms. The molecule has 7 rings (SSSR count). The molecule has 0 aliphatic carbocycles. The number of aromatic nitrogens is 2. The summed E-state index contributed by atoms with van der Waals surface area (Å²) in [6, 6.07) is 18.9. The molecule has 2 saturated heterocycles. The van der Waals surface area contributed by atoms with Crippen molar-refractivity contribution in [2.75, 3.05) is 55.6 Å². The maximum Gasteiger partial charge on any atom is 0.342 e. The van der Waals surface area contributed by atoms with Gasteiger partial charge in [0.1, 0.15) is 17.9 Å². The summed E-state index contributed by atoms with van der Waals surface area (Å²) in [7, 11) is -0.927. The van der Waals surface area contributed by atoms with Crippen molar-refractivity contribution in [1.29, 1.82) is 0 Å². The van der Waals surface area contributed by atoms with Crippen LogP contribution in [0.5, 0.6) is 5.75 Å². The standard InChI is InChI=1S/C37H41ClN9O5P/c1-52-31-19-26(9-11-29(31)42-36-40-21-28(38)34(44-36)41-30-6-4-5-7-32(30)53(2,3)51)45-15-12-25(13-16-45)39-20-23-8-10-27-24(18-23)22-47(35(27)49)46-17-14-33(48)43-37(46)50/h4-11,18-19,21,25,39H,12-17,20,22H2,1-3H3,(H,43,48,50)(H2,40,41,42,44). The van der Waals surface area contributed by atoms with Gasteiger partial charge in [0.2, 0.25) is 11.9 Å². The quantitative estimate of drug-likeness (QED) is 0.144. The minimum atomic E-state index is -2.55. The molecule has 3 aliphatic rings. The van der Waals surface area contributed by atoms with Gasteiger partial charge in [-0.1, -0.05) is 35.9 Å². The number of nitrogens with zero attached hydrogens (tertiary/aromatic N) is 5. The molecule has 0 radical (unpaired) electrons. The summed E-state index contributed by atoms with van der Waals surface area (Å²) in [5.74, 6) is 0.783. The number of amides is 4. The summed E-state index contributed by atoms with van der Waals surface area (Å²) in [5, 5.41) is 16.2. The van der Waals surface area contributed by atoms with E-state index in [0.29, 0.717) is 63.9 Å². The van der Waals surface area contributed by atoms with Crippen LogP contribution in [0.3, 0.4) is 0 Å². The van der Waals surface area contributed by atoms with Crippen molar-refractivity contribution in [3.05, 3.63) is 88.6 Å². The zero-order valence-corrected chi connectivity index (χ0v) is 31.3.